The summed E-state index contributed by atoms with van der Waals surface area (Å²) < 4.78 is 1.84. The number of aromatic carboxylic acids is 1. The third-order valence-electron chi connectivity index (χ3n) is 5.14. The van der Waals surface area contributed by atoms with Gasteiger partial charge in [-0.2, -0.15) is 0 Å². The third-order valence-corrected chi connectivity index (χ3v) is 5.14. The van der Waals surface area contributed by atoms with Crippen LogP contribution in [-0.2, 0) is 13.0 Å². The zero-order chi connectivity index (χ0) is 21.8. The van der Waals surface area contributed by atoms with Crippen molar-refractivity contribution in [3.05, 3.63) is 82.9 Å². The summed E-state index contributed by atoms with van der Waals surface area (Å²) in [5.41, 5.74) is 2.68. The molecule has 0 bridgehead atoms. The van der Waals surface area contributed by atoms with E-state index in [1.807, 2.05) is 66.1 Å². The fourth-order valence-electron chi connectivity index (χ4n) is 3.87. The summed E-state index contributed by atoms with van der Waals surface area (Å²) in [7, 11) is 0. The van der Waals surface area contributed by atoms with Crippen molar-refractivity contribution in [1.82, 2.24) is 30.2 Å². The Labute approximate surface area is 178 Å². The third kappa shape index (κ3) is 3.82. The van der Waals surface area contributed by atoms with Crippen LogP contribution in [0.5, 0.6) is 0 Å². The minimum Gasteiger partial charge on any atom is -0.476 e. The minimum absolute atomic E-state index is 0.134. The largest absolute Gasteiger partial charge is 0.476 e. The normalized spacial score (nSPS) is 12.1. The molecule has 2 aromatic carbocycles. The Bertz CT molecular complexity index is 1170. The van der Waals surface area contributed by atoms with Gasteiger partial charge in [-0.05, 0) is 28.0 Å². The number of rotatable bonds is 8. The van der Waals surface area contributed by atoms with Crippen molar-refractivity contribution in [2.24, 2.45) is 0 Å². The molecule has 0 amide bonds. The van der Waals surface area contributed by atoms with Gasteiger partial charge in [-0.3, -0.25) is 0 Å². The molecule has 4 aromatic rings. The van der Waals surface area contributed by atoms with E-state index in [2.05, 4.69) is 25.6 Å². The molecule has 3 N–H and O–H groups in total. The van der Waals surface area contributed by atoms with Gasteiger partial charge in [0.15, 0.2) is 11.5 Å². The molecule has 158 valence electrons. The van der Waals surface area contributed by atoms with Crippen LogP contribution in [0.4, 0.5) is 0 Å². The highest BCUT2D eigenvalue weighted by molar-refractivity contribution is 5.87. The number of aliphatic hydroxyl groups excluding tert-OH is 1. The SMILES string of the molecule is CCCc1nc(C(=O)O)c(CO)n1C(c1ccccc1)c1ccccc1-c1nnn[nH]1. The number of benzene rings is 2. The summed E-state index contributed by atoms with van der Waals surface area (Å²) in [6, 6.07) is 16.9. The number of aryl methyl sites for hydroxylation is 1. The maximum atomic E-state index is 11.9. The van der Waals surface area contributed by atoms with E-state index in [0.29, 0.717) is 18.1 Å². The van der Waals surface area contributed by atoms with Crippen molar-refractivity contribution in [3.63, 3.8) is 0 Å². The van der Waals surface area contributed by atoms with Crippen molar-refractivity contribution >= 4 is 5.97 Å². The Hall–Kier alpha value is -3.85. The van der Waals surface area contributed by atoms with Crippen molar-refractivity contribution in [2.45, 2.75) is 32.4 Å². The average molecular weight is 418 g/mol. The molecular weight excluding hydrogens is 396 g/mol. The van der Waals surface area contributed by atoms with Crippen molar-refractivity contribution in [3.8, 4) is 11.4 Å². The quantitative estimate of drug-likeness (QED) is 0.401. The van der Waals surface area contributed by atoms with E-state index in [9.17, 15) is 15.0 Å². The van der Waals surface area contributed by atoms with Gasteiger partial charge in [-0.15, -0.1) is 5.10 Å². The molecular formula is C22H22N6O3. The highest BCUT2D eigenvalue weighted by atomic mass is 16.4. The summed E-state index contributed by atoms with van der Waals surface area (Å²) in [4.78, 5) is 16.3. The van der Waals surface area contributed by atoms with Crippen LogP contribution in [-0.4, -0.2) is 46.4 Å². The second kappa shape index (κ2) is 8.88. The number of aliphatic hydroxyl groups is 1. The van der Waals surface area contributed by atoms with Crippen molar-refractivity contribution in [2.75, 3.05) is 0 Å². The molecule has 0 saturated heterocycles. The lowest BCUT2D eigenvalue weighted by Gasteiger charge is -2.26. The first-order valence-corrected chi connectivity index (χ1v) is 9.97. The molecule has 1 unspecified atom stereocenters. The van der Waals surface area contributed by atoms with E-state index in [-0.39, 0.29) is 11.4 Å². The van der Waals surface area contributed by atoms with Crippen LogP contribution in [0.2, 0.25) is 0 Å². The molecule has 0 fully saturated rings. The van der Waals surface area contributed by atoms with E-state index in [1.54, 1.807) is 0 Å². The lowest BCUT2D eigenvalue weighted by Crippen LogP contribution is -2.19. The summed E-state index contributed by atoms with van der Waals surface area (Å²) in [5, 5.41) is 34.1. The molecule has 0 aliphatic rings. The summed E-state index contributed by atoms with van der Waals surface area (Å²) in [6.45, 7) is 1.55. The molecule has 4 rings (SSSR count). The first kappa shape index (κ1) is 20.4. The Kier molecular flexibility index (Phi) is 5.85. The first-order valence-electron chi connectivity index (χ1n) is 9.97. The standard InChI is InChI=1S/C22H22N6O3/c1-2-8-18-23-19(22(30)31)17(13-29)28(18)20(14-9-4-3-5-10-14)15-11-6-7-12-16(15)21-24-26-27-25-21/h3-7,9-12,20,29H,2,8,13H2,1H3,(H,30,31)(H,24,25,26,27). The zero-order valence-electron chi connectivity index (χ0n) is 16.9. The monoisotopic (exact) mass is 418 g/mol. The number of hydrogen-bond donors (Lipinski definition) is 3. The lowest BCUT2D eigenvalue weighted by atomic mass is 9.93. The van der Waals surface area contributed by atoms with Gasteiger partial charge in [0.05, 0.1) is 18.3 Å². The van der Waals surface area contributed by atoms with Gasteiger partial charge in [0.2, 0.25) is 0 Å². The number of tetrazole rings is 1. The Morgan fingerprint density at radius 1 is 1.13 bits per heavy atom. The average Bonchev–Trinajstić information content (AvgIpc) is 3.44. The molecule has 0 radical (unpaired) electrons. The molecule has 1 atom stereocenters. The predicted molar refractivity (Wildman–Crippen MR) is 112 cm³/mol. The number of imidazole rings is 1. The van der Waals surface area contributed by atoms with Crippen LogP contribution in [0, 0.1) is 0 Å². The van der Waals surface area contributed by atoms with Crippen molar-refractivity contribution in [1.29, 1.82) is 0 Å². The van der Waals surface area contributed by atoms with Crippen LogP contribution in [0.25, 0.3) is 11.4 Å². The van der Waals surface area contributed by atoms with Crippen LogP contribution in [0.1, 0.15) is 52.5 Å². The number of aromatic nitrogens is 6. The zero-order valence-corrected chi connectivity index (χ0v) is 16.9. The second-order valence-electron chi connectivity index (χ2n) is 7.06. The highest BCUT2D eigenvalue weighted by Gasteiger charge is 2.29. The summed E-state index contributed by atoms with van der Waals surface area (Å²) >= 11 is 0. The van der Waals surface area contributed by atoms with Gasteiger partial charge in [0.1, 0.15) is 5.82 Å². The van der Waals surface area contributed by atoms with Gasteiger partial charge >= 0.3 is 5.97 Å². The van der Waals surface area contributed by atoms with E-state index in [1.165, 1.54) is 0 Å². The number of carboxylic acids is 1. The number of carboxylic acid groups (broad SMARTS) is 1. The lowest BCUT2D eigenvalue weighted by molar-refractivity contribution is 0.0686. The van der Waals surface area contributed by atoms with E-state index >= 15 is 0 Å². The molecule has 9 heteroatoms. The second-order valence-corrected chi connectivity index (χ2v) is 7.06. The van der Waals surface area contributed by atoms with Gasteiger partial charge in [-0.1, -0.05) is 61.5 Å². The van der Waals surface area contributed by atoms with E-state index in [0.717, 1.165) is 23.1 Å². The molecule has 9 nitrogen and oxygen atoms in total. The van der Waals surface area contributed by atoms with E-state index < -0.39 is 18.6 Å². The number of H-pyrrole nitrogens is 1. The van der Waals surface area contributed by atoms with Gasteiger partial charge in [-0.25, -0.2) is 14.9 Å². The molecule has 0 aliphatic heterocycles. The van der Waals surface area contributed by atoms with Gasteiger partial charge in [0.25, 0.3) is 0 Å². The van der Waals surface area contributed by atoms with E-state index in [4.69, 9.17) is 0 Å². The maximum Gasteiger partial charge on any atom is 0.356 e. The maximum absolute atomic E-state index is 11.9. The van der Waals surface area contributed by atoms with Gasteiger partial charge in [0, 0.05) is 12.0 Å². The minimum atomic E-state index is -1.17. The summed E-state index contributed by atoms with van der Waals surface area (Å²) in [6.07, 6.45) is 1.34. The van der Waals surface area contributed by atoms with Crippen molar-refractivity contribution < 1.29 is 15.0 Å². The Morgan fingerprint density at radius 2 is 1.87 bits per heavy atom. The Morgan fingerprint density at radius 3 is 2.52 bits per heavy atom. The fraction of sp³-hybridized carbons (Fsp3) is 0.227. The molecule has 0 aliphatic carbocycles. The number of carbonyl (C=O) groups is 1. The number of nitrogens with one attached hydrogen (secondary N) is 1. The fourth-order valence-corrected chi connectivity index (χ4v) is 3.87. The number of nitrogens with zero attached hydrogens (tertiary/aromatic N) is 5. The Balaban J connectivity index is 2.04. The van der Waals surface area contributed by atoms with Crippen LogP contribution in [0.3, 0.4) is 0 Å². The number of hydrogen-bond acceptors (Lipinski definition) is 6. The number of aromatic amines is 1. The molecule has 31 heavy (non-hydrogen) atoms. The molecule has 2 heterocycles. The van der Waals surface area contributed by atoms with Crippen LogP contribution >= 0.6 is 0 Å². The first-order chi connectivity index (χ1) is 15.2. The summed E-state index contributed by atoms with van der Waals surface area (Å²) in [5.74, 6) is -0.0688. The smallest absolute Gasteiger partial charge is 0.356 e. The molecule has 2 aromatic heterocycles. The molecule has 0 saturated carbocycles. The highest BCUT2D eigenvalue weighted by Crippen LogP contribution is 2.36. The molecule has 0 spiro atoms. The van der Waals surface area contributed by atoms with Crippen LogP contribution < -0.4 is 0 Å². The van der Waals surface area contributed by atoms with Crippen LogP contribution in [0.15, 0.2) is 54.6 Å². The predicted octanol–water partition coefficient (Wildman–Crippen LogP) is 2.84. The topological polar surface area (TPSA) is 130 Å². The van der Waals surface area contributed by atoms with Gasteiger partial charge < -0.3 is 14.8 Å².